The molecule has 0 spiro atoms. The van der Waals surface area contributed by atoms with Crippen LogP contribution in [0.25, 0.3) is 22.5 Å². The lowest BCUT2D eigenvalue weighted by molar-refractivity contribution is 0.303. The number of nitrogens with zero attached hydrogens (tertiary/aromatic N) is 2. The number of hydrogen-bond donors (Lipinski definition) is 0. The van der Waals surface area contributed by atoms with E-state index in [9.17, 15) is 4.39 Å². The molecule has 0 saturated carbocycles. The first-order valence-electron chi connectivity index (χ1n) is 14.0. The molecule has 3 aromatic rings. The van der Waals surface area contributed by atoms with Crippen LogP contribution in [0, 0.1) is 5.82 Å². The minimum atomic E-state index is -0.355. The van der Waals surface area contributed by atoms with E-state index in [1.807, 2.05) is 18.5 Å². The SMILES string of the molecule is CCCCCCCCOc1ccc(-c2ncc(-c3ccccc3C(CCC)CCCC)cn2)c(F)c1. The van der Waals surface area contributed by atoms with Crippen LogP contribution in [-0.4, -0.2) is 16.6 Å². The summed E-state index contributed by atoms with van der Waals surface area (Å²) in [5.74, 6) is 1.13. The van der Waals surface area contributed by atoms with Crippen LogP contribution in [0.15, 0.2) is 54.9 Å². The van der Waals surface area contributed by atoms with E-state index in [2.05, 4.69) is 55.0 Å². The minimum Gasteiger partial charge on any atom is -0.493 e. The zero-order valence-corrected chi connectivity index (χ0v) is 22.4. The zero-order valence-electron chi connectivity index (χ0n) is 22.4. The van der Waals surface area contributed by atoms with Gasteiger partial charge >= 0.3 is 0 Å². The Morgan fingerprint density at radius 2 is 1.47 bits per heavy atom. The molecule has 0 fully saturated rings. The molecule has 194 valence electrons. The van der Waals surface area contributed by atoms with Crippen molar-refractivity contribution < 1.29 is 9.13 Å². The lowest BCUT2D eigenvalue weighted by atomic mass is 9.85. The van der Waals surface area contributed by atoms with Crippen molar-refractivity contribution >= 4 is 0 Å². The molecule has 0 radical (unpaired) electrons. The monoisotopic (exact) mass is 490 g/mol. The van der Waals surface area contributed by atoms with Crippen molar-refractivity contribution in [1.82, 2.24) is 9.97 Å². The van der Waals surface area contributed by atoms with Crippen molar-refractivity contribution in [1.29, 1.82) is 0 Å². The Bertz CT molecular complexity index is 1030. The second-order valence-corrected chi connectivity index (χ2v) is 9.77. The van der Waals surface area contributed by atoms with Crippen LogP contribution in [-0.2, 0) is 0 Å². The van der Waals surface area contributed by atoms with Crippen LogP contribution in [0.5, 0.6) is 5.75 Å². The van der Waals surface area contributed by atoms with Crippen molar-refractivity contribution in [3.63, 3.8) is 0 Å². The maximum atomic E-state index is 14.9. The van der Waals surface area contributed by atoms with Crippen LogP contribution in [0.2, 0.25) is 0 Å². The Morgan fingerprint density at radius 1 is 0.750 bits per heavy atom. The van der Waals surface area contributed by atoms with Crippen LogP contribution in [0.1, 0.15) is 103 Å². The highest BCUT2D eigenvalue weighted by Crippen LogP contribution is 2.35. The van der Waals surface area contributed by atoms with E-state index >= 15 is 0 Å². The normalized spacial score (nSPS) is 12.0. The maximum absolute atomic E-state index is 14.9. The highest BCUT2D eigenvalue weighted by atomic mass is 19.1. The molecular formula is C32H43FN2O. The molecule has 2 aromatic carbocycles. The molecule has 0 aliphatic heterocycles. The van der Waals surface area contributed by atoms with Gasteiger partial charge in [-0.1, -0.05) is 96.4 Å². The topological polar surface area (TPSA) is 35.0 Å². The zero-order chi connectivity index (χ0) is 25.6. The number of unbranched alkanes of at least 4 members (excludes halogenated alkanes) is 6. The third kappa shape index (κ3) is 8.15. The van der Waals surface area contributed by atoms with Gasteiger partial charge in [0.2, 0.25) is 0 Å². The average Bonchev–Trinajstić information content (AvgIpc) is 2.91. The summed E-state index contributed by atoms with van der Waals surface area (Å²) in [4.78, 5) is 9.09. The van der Waals surface area contributed by atoms with Gasteiger partial charge in [0.15, 0.2) is 5.82 Å². The van der Waals surface area contributed by atoms with Gasteiger partial charge in [-0.3, -0.25) is 0 Å². The third-order valence-corrected chi connectivity index (χ3v) is 6.85. The Labute approximate surface area is 217 Å². The molecule has 3 nitrogen and oxygen atoms in total. The highest BCUT2D eigenvalue weighted by molar-refractivity contribution is 5.68. The first kappa shape index (κ1) is 27.8. The van der Waals surface area contributed by atoms with Gasteiger partial charge in [0.1, 0.15) is 11.6 Å². The number of ether oxygens (including phenoxy) is 1. The maximum Gasteiger partial charge on any atom is 0.162 e. The number of rotatable bonds is 16. The molecule has 1 unspecified atom stereocenters. The average molecular weight is 491 g/mol. The molecule has 0 amide bonds. The van der Waals surface area contributed by atoms with Gasteiger partial charge in [-0.05, 0) is 48.4 Å². The Kier molecular flexibility index (Phi) is 11.9. The second kappa shape index (κ2) is 15.4. The van der Waals surface area contributed by atoms with Gasteiger partial charge in [0.05, 0.1) is 12.2 Å². The highest BCUT2D eigenvalue weighted by Gasteiger charge is 2.16. The Balaban J connectivity index is 1.68. The van der Waals surface area contributed by atoms with E-state index in [0.717, 1.165) is 24.8 Å². The molecule has 36 heavy (non-hydrogen) atoms. The van der Waals surface area contributed by atoms with Gasteiger partial charge in [-0.25, -0.2) is 14.4 Å². The molecule has 3 rings (SSSR count). The van der Waals surface area contributed by atoms with E-state index < -0.39 is 0 Å². The third-order valence-electron chi connectivity index (χ3n) is 6.85. The molecule has 0 saturated heterocycles. The smallest absolute Gasteiger partial charge is 0.162 e. The minimum absolute atomic E-state index is 0.355. The summed E-state index contributed by atoms with van der Waals surface area (Å²) in [6, 6.07) is 13.6. The first-order valence-corrected chi connectivity index (χ1v) is 14.0. The van der Waals surface area contributed by atoms with E-state index in [4.69, 9.17) is 4.74 Å². The summed E-state index contributed by atoms with van der Waals surface area (Å²) in [5, 5.41) is 0. The summed E-state index contributed by atoms with van der Waals surface area (Å²) < 4.78 is 20.7. The van der Waals surface area contributed by atoms with Gasteiger partial charge < -0.3 is 4.74 Å². The van der Waals surface area contributed by atoms with E-state index in [-0.39, 0.29) is 5.82 Å². The van der Waals surface area contributed by atoms with Crippen molar-refractivity contribution in [2.75, 3.05) is 6.61 Å². The van der Waals surface area contributed by atoms with Crippen LogP contribution < -0.4 is 4.74 Å². The Morgan fingerprint density at radius 3 is 2.19 bits per heavy atom. The van der Waals surface area contributed by atoms with Crippen LogP contribution in [0.3, 0.4) is 0 Å². The molecule has 1 heterocycles. The van der Waals surface area contributed by atoms with E-state index in [0.29, 0.717) is 29.7 Å². The molecule has 0 aliphatic rings. The summed E-state index contributed by atoms with van der Waals surface area (Å²) >= 11 is 0. The van der Waals surface area contributed by atoms with Crippen LogP contribution >= 0.6 is 0 Å². The standard InChI is InChI=1S/C32H43FN2O/c1-4-7-9-10-11-14-21-36-27-19-20-30(31(33)22-27)32-34-23-26(24-35-32)29-18-13-12-17-28(29)25(15-6-3)16-8-5-2/h12-13,17-20,22-25H,4-11,14-16,21H2,1-3H3. The predicted octanol–water partition coefficient (Wildman–Crippen LogP) is 9.76. The molecule has 0 aliphatic carbocycles. The van der Waals surface area contributed by atoms with E-state index in [1.165, 1.54) is 68.6 Å². The second-order valence-electron chi connectivity index (χ2n) is 9.77. The molecule has 0 bridgehead atoms. The van der Waals surface area contributed by atoms with Crippen molar-refractivity contribution in [3.05, 3.63) is 66.2 Å². The van der Waals surface area contributed by atoms with Gasteiger partial charge in [0, 0.05) is 24.0 Å². The fraction of sp³-hybridized carbons (Fsp3) is 0.500. The summed E-state index contributed by atoms with van der Waals surface area (Å²) in [6.45, 7) is 7.33. The van der Waals surface area contributed by atoms with Gasteiger partial charge in [-0.15, -0.1) is 0 Å². The quantitative estimate of drug-likeness (QED) is 0.187. The van der Waals surface area contributed by atoms with Crippen LogP contribution in [0.4, 0.5) is 4.39 Å². The number of halogens is 1. The van der Waals surface area contributed by atoms with Crippen molar-refractivity contribution in [2.24, 2.45) is 0 Å². The number of aromatic nitrogens is 2. The van der Waals surface area contributed by atoms with Crippen molar-refractivity contribution in [2.45, 2.75) is 97.3 Å². The predicted molar refractivity (Wildman–Crippen MR) is 149 cm³/mol. The molecular weight excluding hydrogens is 447 g/mol. The van der Waals surface area contributed by atoms with Crippen molar-refractivity contribution in [3.8, 4) is 28.3 Å². The lowest BCUT2D eigenvalue weighted by Gasteiger charge is -2.20. The lowest BCUT2D eigenvalue weighted by Crippen LogP contribution is -2.02. The van der Waals surface area contributed by atoms with Gasteiger partial charge in [0.25, 0.3) is 0 Å². The fourth-order valence-electron chi connectivity index (χ4n) is 4.82. The van der Waals surface area contributed by atoms with Gasteiger partial charge in [-0.2, -0.15) is 0 Å². The van der Waals surface area contributed by atoms with E-state index in [1.54, 1.807) is 6.07 Å². The summed E-state index contributed by atoms with van der Waals surface area (Å²) in [6.07, 6.45) is 16.8. The number of benzene rings is 2. The summed E-state index contributed by atoms with van der Waals surface area (Å²) in [7, 11) is 0. The molecule has 1 aromatic heterocycles. The summed E-state index contributed by atoms with van der Waals surface area (Å²) in [5.41, 5.74) is 3.92. The molecule has 0 N–H and O–H groups in total. The first-order chi connectivity index (χ1) is 17.7. The fourth-order valence-corrected chi connectivity index (χ4v) is 4.82. The molecule has 4 heteroatoms. The largest absolute Gasteiger partial charge is 0.493 e. The number of hydrogen-bond acceptors (Lipinski definition) is 3. The molecule has 1 atom stereocenters. The Hall–Kier alpha value is -2.75.